The topological polar surface area (TPSA) is 56.1 Å². The number of morpholine rings is 1. The van der Waals surface area contributed by atoms with Gasteiger partial charge in [-0.05, 0) is 42.6 Å². The number of benzene rings is 1. The van der Waals surface area contributed by atoms with E-state index in [0.717, 1.165) is 34.8 Å². The molecule has 40 heavy (non-hydrogen) atoms. The Balaban J connectivity index is 1.59. The van der Waals surface area contributed by atoms with Crippen molar-refractivity contribution in [1.82, 2.24) is 19.7 Å². The van der Waals surface area contributed by atoms with Crippen LogP contribution in [0.4, 0.5) is 19.0 Å². The molecule has 0 amide bonds. The third kappa shape index (κ3) is 5.94. The van der Waals surface area contributed by atoms with Crippen molar-refractivity contribution in [1.29, 1.82) is 0 Å². The zero-order valence-corrected chi connectivity index (χ0v) is 23.0. The first-order valence-electron chi connectivity index (χ1n) is 13.2. The second-order valence-corrected chi connectivity index (χ2v) is 10.8. The molecule has 0 N–H and O–H groups in total. The minimum absolute atomic E-state index is 0.198. The van der Waals surface area contributed by atoms with Gasteiger partial charge >= 0.3 is 6.11 Å². The Labute approximate surface area is 232 Å². The number of hydrogen-bond donors (Lipinski definition) is 0. The van der Waals surface area contributed by atoms with Gasteiger partial charge in [-0.2, -0.15) is 18.9 Å². The van der Waals surface area contributed by atoms with Crippen molar-refractivity contribution in [2.75, 3.05) is 18.0 Å². The summed E-state index contributed by atoms with van der Waals surface area (Å²) in [6.07, 6.45) is 9.84. The average Bonchev–Trinajstić information content (AvgIpc) is 3.51. The van der Waals surface area contributed by atoms with E-state index in [0.29, 0.717) is 23.6 Å². The van der Waals surface area contributed by atoms with Gasteiger partial charge in [-0.1, -0.05) is 74.6 Å². The SMILES string of the molecule is C=C/C(=C\C=C/C(C)C)C1=Cc2nc(-n3cc(-c4cccc(C)c4)cn3)nc(N3CC(C)(F)OC(F)(F)C3)c2C1. The van der Waals surface area contributed by atoms with Crippen LogP contribution >= 0.6 is 0 Å². The lowest BCUT2D eigenvalue weighted by atomic mass is 10.0. The number of allylic oxidation sites excluding steroid dienone is 6. The number of aromatic nitrogens is 4. The molecule has 6 nitrogen and oxygen atoms in total. The van der Waals surface area contributed by atoms with Crippen molar-refractivity contribution in [3.05, 3.63) is 95.5 Å². The summed E-state index contributed by atoms with van der Waals surface area (Å²) >= 11 is 0. The summed E-state index contributed by atoms with van der Waals surface area (Å²) in [6, 6.07) is 7.99. The summed E-state index contributed by atoms with van der Waals surface area (Å²) in [5, 5.41) is 4.46. The molecule has 2 aromatic heterocycles. The zero-order valence-electron chi connectivity index (χ0n) is 23.0. The fraction of sp³-hybridized carbons (Fsp3) is 0.323. The minimum atomic E-state index is -3.69. The first-order valence-corrected chi connectivity index (χ1v) is 13.2. The summed E-state index contributed by atoms with van der Waals surface area (Å²) < 4.78 is 49.8. The maximum atomic E-state index is 14.9. The van der Waals surface area contributed by atoms with Crippen molar-refractivity contribution >= 4 is 11.9 Å². The lowest BCUT2D eigenvalue weighted by Gasteiger charge is -2.40. The van der Waals surface area contributed by atoms with Gasteiger partial charge in [0.2, 0.25) is 5.85 Å². The highest BCUT2D eigenvalue weighted by Crippen LogP contribution is 2.39. The molecule has 208 valence electrons. The third-order valence-corrected chi connectivity index (χ3v) is 6.69. The molecule has 9 heteroatoms. The van der Waals surface area contributed by atoms with Gasteiger partial charge in [-0.3, -0.25) is 4.74 Å². The van der Waals surface area contributed by atoms with Gasteiger partial charge in [0.1, 0.15) is 12.4 Å². The maximum absolute atomic E-state index is 14.9. The molecule has 1 unspecified atom stereocenters. The van der Waals surface area contributed by atoms with E-state index in [-0.39, 0.29) is 11.8 Å². The number of ether oxygens (including phenoxy) is 1. The summed E-state index contributed by atoms with van der Waals surface area (Å²) in [7, 11) is 0. The molecule has 5 rings (SSSR count). The zero-order chi connectivity index (χ0) is 28.7. The molecule has 1 aliphatic carbocycles. The molecule has 0 spiro atoms. The van der Waals surface area contributed by atoms with Gasteiger partial charge in [-0.15, -0.1) is 0 Å². The molecular formula is C31H32F3N5O. The second-order valence-electron chi connectivity index (χ2n) is 10.8. The van der Waals surface area contributed by atoms with Gasteiger partial charge in [0.15, 0.2) is 0 Å². The summed E-state index contributed by atoms with van der Waals surface area (Å²) in [5.74, 6) is -1.75. The number of halogens is 3. The van der Waals surface area contributed by atoms with E-state index in [4.69, 9.17) is 4.98 Å². The van der Waals surface area contributed by atoms with Crippen molar-refractivity contribution in [3.8, 4) is 17.1 Å². The van der Waals surface area contributed by atoms with Crippen LogP contribution in [0.25, 0.3) is 23.2 Å². The van der Waals surface area contributed by atoms with Gasteiger partial charge < -0.3 is 4.90 Å². The second kappa shape index (κ2) is 10.5. The van der Waals surface area contributed by atoms with Crippen LogP contribution in [0, 0.1) is 12.8 Å². The van der Waals surface area contributed by atoms with Crippen LogP contribution in [0.1, 0.15) is 37.6 Å². The standard InChI is InChI=1S/C31H32F3N5O/c1-6-22(11-7-9-20(2)3)24-14-26-27(15-24)36-29(37-28(26)38-18-30(5,32)40-31(33,34)19-38)39-17-25(16-35-39)23-12-8-10-21(4)13-23/h6-13,15-17,20H,1,14,18-19H2,2-5H3/b9-7-,22-11+. The number of anilines is 1. The van der Waals surface area contributed by atoms with Crippen LogP contribution in [0.3, 0.4) is 0 Å². The molecule has 0 radical (unpaired) electrons. The van der Waals surface area contributed by atoms with E-state index in [1.165, 1.54) is 9.58 Å². The molecule has 3 aromatic rings. The molecule has 2 aliphatic rings. The quantitative estimate of drug-likeness (QED) is 0.298. The smallest absolute Gasteiger partial charge is 0.342 e. The van der Waals surface area contributed by atoms with Crippen LogP contribution in [-0.2, 0) is 11.2 Å². The Morgan fingerprint density at radius 3 is 2.65 bits per heavy atom. The Morgan fingerprint density at radius 1 is 1.15 bits per heavy atom. The van der Waals surface area contributed by atoms with Crippen LogP contribution in [0.2, 0.25) is 0 Å². The number of aryl methyl sites for hydroxylation is 1. The highest BCUT2D eigenvalue weighted by atomic mass is 19.3. The third-order valence-electron chi connectivity index (χ3n) is 6.69. The van der Waals surface area contributed by atoms with E-state index in [2.05, 4.69) is 41.3 Å². The summed E-state index contributed by atoms with van der Waals surface area (Å²) in [5.41, 5.74) is 5.94. The summed E-state index contributed by atoms with van der Waals surface area (Å²) in [6.45, 7) is 9.89. The summed E-state index contributed by atoms with van der Waals surface area (Å²) in [4.78, 5) is 10.7. The van der Waals surface area contributed by atoms with Crippen LogP contribution < -0.4 is 4.90 Å². The molecule has 0 bridgehead atoms. The van der Waals surface area contributed by atoms with E-state index in [1.54, 1.807) is 18.5 Å². The molecule has 1 saturated heterocycles. The number of nitrogens with zero attached hydrogens (tertiary/aromatic N) is 5. The monoisotopic (exact) mass is 547 g/mol. The van der Waals surface area contributed by atoms with Crippen LogP contribution in [-0.4, -0.2) is 44.8 Å². The largest absolute Gasteiger partial charge is 0.375 e. The van der Waals surface area contributed by atoms with Crippen molar-refractivity contribution in [2.24, 2.45) is 5.92 Å². The Hall–Kier alpha value is -3.98. The van der Waals surface area contributed by atoms with Crippen molar-refractivity contribution < 1.29 is 17.9 Å². The van der Waals surface area contributed by atoms with Crippen molar-refractivity contribution in [3.63, 3.8) is 0 Å². The van der Waals surface area contributed by atoms with Crippen LogP contribution in [0.15, 0.2) is 78.7 Å². The van der Waals surface area contributed by atoms with E-state index >= 15 is 0 Å². The Kier molecular flexibility index (Phi) is 7.27. The normalized spacial score (nSPS) is 20.8. The minimum Gasteiger partial charge on any atom is -0.342 e. The Bertz CT molecular complexity index is 1520. The molecule has 1 aliphatic heterocycles. The number of rotatable bonds is 7. The molecular weight excluding hydrogens is 515 g/mol. The highest BCUT2D eigenvalue weighted by Gasteiger charge is 2.49. The van der Waals surface area contributed by atoms with E-state index in [1.807, 2.05) is 49.4 Å². The lowest BCUT2D eigenvalue weighted by molar-refractivity contribution is -0.331. The van der Waals surface area contributed by atoms with Gasteiger partial charge in [0.05, 0.1) is 18.4 Å². The predicted molar refractivity (Wildman–Crippen MR) is 151 cm³/mol. The first kappa shape index (κ1) is 27.6. The van der Waals surface area contributed by atoms with Crippen LogP contribution in [0.5, 0.6) is 0 Å². The molecule has 1 fully saturated rings. The fourth-order valence-electron chi connectivity index (χ4n) is 4.96. The average molecular weight is 548 g/mol. The van der Waals surface area contributed by atoms with E-state index in [9.17, 15) is 13.2 Å². The van der Waals surface area contributed by atoms with Crippen molar-refractivity contribution in [2.45, 2.75) is 46.1 Å². The fourth-order valence-corrected chi connectivity index (χ4v) is 4.96. The molecule has 1 aromatic carbocycles. The molecule has 0 saturated carbocycles. The number of hydrogen-bond acceptors (Lipinski definition) is 5. The Morgan fingerprint density at radius 2 is 1.95 bits per heavy atom. The molecule has 1 atom stereocenters. The lowest BCUT2D eigenvalue weighted by Crippen LogP contribution is -2.56. The first-order chi connectivity index (χ1) is 18.9. The predicted octanol–water partition coefficient (Wildman–Crippen LogP) is 7.02. The number of alkyl halides is 3. The number of fused-ring (bicyclic) bond motifs is 1. The van der Waals surface area contributed by atoms with Gasteiger partial charge in [0, 0.05) is 23.7 Å². The molecule has 3 heterocycles. The van der Waals surface area contributed by atoms with Gasteiger partial charge in [-0.25, -0.2) is 14.1 Å². The van der Waals surface area contributed by atoms with Gasteiger partial charge in [0.25, 0.3) is 5.95 Å². The highest BCUT2D eigenvalue weighted by molar-refractivity contribution is 5.73. The maximum Gasteiger partial charge on any atom is 0.375 e. The van der Waals surface area contributed by atoms with E-state index < -0.39 is 25.1 Å².